The molecule has 0 aromatic heterocycles. The normalized spacial score (nSPS) is 19.8. The van der Waals surface area contributed by atoms with Gasteiger partial charge in [-0.25, -0.2) is 4.79 Å². The van der Waals surface area contributed by atoms with Gasteiger partial charge in [-0.05, 0) is 48.9 Å². The Morgan fingerprint density at radius 3 is 3.00 bits per heavy atom. The number of methoxy groups -OCH3 is 1. The third-order valence-corrected chi connectivity index (χ3v) is 3.13. The smallest absolute Gasteiger partial charge is 0.337 e. The van der Waals surface area contributed by atoms with Crippen LogP contribution in [0.3, 0.4) is 0 Å². The van der Waals surface area contributed by atoms with Gasteiger partial charge in [-0.2, -0.15) is 0 Å². The molecule has 0 saturated heterocycles. The van der Waals surface area contributed by atoms with E-state index in [1.54, 1.807) is 0 Å². The van der Waals surface area contributed by atoms with E-state index < -0.39 is 0 Å². The lowest BCUT2D eigenvalue weighted by atomic mass is 9.99. The fourth-order valence-corrected chi connectivity index (χ4v) is 2.24. The third kappa shape index (κ3) is 2.25. The number of fused-ring (bicyclic) bond motifs is 1. The monoisotopic (exact) mass is 219 g/mol. The molecule has 0 spiro atoms. The molecule has 1 aliphatic carbocycles. The van der Waals surface area contributed by atoms with Gasteiger partial charge in [0.1, 0.15) is 0 Å². The zero-order valence-electron chi connectivity index (χ0n) is 9.53. The molecule has 1 atom stereocenters. The summed E-state index contributed by atoms with van der Waals surface area (Å²) < 4.78 is 4.72. The quantitative estimate of drug-likeness (QED) is 0.577. The largest absolute Gasteiger partial charge is 0.465 e. The Bertz CT molecular complexity index is 401. The van der Waals surface area contributed by atoms with Crippen LogP contribution in [0.25, 0.3) is 0 Å². The average Bonchev–Trinajstić information content (AvgIpc) is 2.47. The standard InChI is InChI=1S/C13H17NO2/c1-16-13(15)10-6-5-9-3-2-4-12(14)8-11(9)7-10/h5-7,12H,2-4,8,14H2,1H3. The van der Waals surface area contributed by atoms with Crippen LogP contribution in [0.2, 0.25) is 0 Å². The van der Waals surface area contributed by atoms with Crippen LogP contribution < -0.4 is 5.73 Å². The molecule has 1 aromatic rings. The van der Waals surface area contributed by atoms with Gasteiger partial charge < -0.3 is 10.5 Å². The predicted octanol–water partition coefficient (Wildman–Crippen LogP) is 1.68. The minimum absolute atomic E-state index is 0.217. The number of aryl methyl sites for hydroxylation is 1. The highest BCUT2D eigenvalue weighted by molar-refractivity contribution is 5.89. The molecule has 3 nitrogen and oxygen atoms in total. The highest BCUT2D eigenvalue weighted by Gasteiger charge is 2.15. The van der Waals surface area contributed by atoms with E-state index in [0.29, 0.717) is 5.56 Å². The molecule has 0 amide bonds. The highest BCUT2D eigenvalue weighted by Crippen LogP contribution is 2.21. The number of carbonyl (C=O) groups is 1. The van der Waals surface area contributed by atoms with Crippen molar-refractivity contribution >= 4 is 5.97 Å². The number of carbonyl (C=O) groups excluding carboxylic acids is 1. The first-order chi connectivity index (χ1) is 7.70. The van der Waals surface area contributed by atoms with Crippen molar-refractivity contribution in [2.45, 2.75) is 31.7 Å². The fourth-order valence-electron chi connectivity index (χ4n) is 2.24. The Kier molecular flexibility index (Phi) is 3.25. The van der Waals surface area contributed by atoms with Gasteiger partial charge in [-0.3, -0.25) is 0 Å². The number of esters is 1. The maximum atomic E-state index is 11.4. The molecule has 0 radical (unpaired) electrons. The van der Waals surface area contributed by atoms with Crippen LogP contribution in [0.4, 0.5) is 0 Å². The summed E-state index contributed by atoms with van der Waals surface area (Å²) in [5, 5.41) is 0. The topological polar surface area (TPSA) is 52.3 Å². The first-order valence-corrected chi connectivity index (χ1v) is 5.66. The molecule has 1 aliphatic rings. The van der Waals surface area contributed by atoms with Crippen LogP contribution in [0.15, 0.2) is 18.2 Å². The summed E-state index contributed by atoms with van der Waals surface area (Å²) in [5.74, 6) is -0.277. The summed E-state index contributed by atoms with van der Waals surface area (Å²) in [6.07, 6.45) is 4.11. The molecule has 0 aliphatic heterocycles. The first kappa shape index (κ1) is 11.1. The van der Waals surface area contributed by atoms with Crippen LogP contribution in [0.1, 0.15) is 34.3 Å². The van der Waals surface area contributed by atoms with Crippen molar-refractivity contribution in [3.63, 3.8) is 0 Å². The predicted molar refractivity (Wildman–Crippen MR) is 62.4 cm³/mol. The second kappa shape index (κ2) is 4.66. The third-order valence-electron chi connectivity index (χ3n) is 3.13. The Balaban J connectivity index is 2.33. The van der Waals surface area contributed by atoms with E-state index >= 15 is 0 Å². The maximum Gasteiger partial charge on any atom is 0.337 e. The van der Waals surface area contributed by atoms with E-state index in [9.17, 15) is 4.79 Å². The summed E-state index contributed by atoms with van der Waals surface area (Å²) in [4.78, 5) is 11.4. The van der Waals surface area contributed by atoms with Crippen molar-refractivity contribution in [2.24, 2.45) is 5.73 Å². The molecule has 3 heteroatoms. The van der Waals surface area contributed by atoms with Crippen LogP contribution >= 0.6 is 0 Å². The van der Waals surface area contributed by atoms with Crippen LogP contribution in [0.5, 0.6) is 0 Å². The molecule has 2 N–H and O–H groups in total. The Morgan fingerprint density at radius 2 is 2.25 bits per heavy atom. The molecule has 0 fully saturated rings. The van der Waals surface area contributed by atoms with E-state index in [4.69, 9.17) is 10.5 Å². The Morgan fingerprint density at radius 1 is 1.44 bits per heavy atom. The molecule has 0 heterocycles. The second-order valence-electron chi connectivity index (χ2n) is 4.33. The maximum absolute atomic E-state index is 11.4. The number of hydrogen-bond acceptors (Lipinski definition) is 3. The minimum atomic E-state index is -0.277. The molecule has 16 heavy (non-hydrogen) atoms. The average molecular weight is 219 g/mol. The Labute approximate surface area is 95.6 Å². The van der Waals surface area contributed by atoms with Gasteiger partial charge in [-0.15, -0.1) is 0 Å². The molecular formula is C13H17NO2. The molecule has 2 rings (SSSR count). The Hall–Kier alpha value is -1.35. The van der Waals surface area contributed by atoms with Gasteiger partial charge in [0.2, 0.25) is 0 Å². The molecule has 1 unspecified atom stereocenters. The van der Waals surface area contributed by atoms with E-state index in [-0.39, 0.29) is 12.0 Å². The lowest BCUT2D eigenvalue weighted by Crippen LogP contribution is -2.21. The summed E-state index contributed by atoms with van der Waals surface area (Å²) in [6.45, 7) is 0. The van der Waals surface area contributed by atoms with E-state index in [2.05, 4.69) is 0 Å². The van der Waals surface area contributed by atoms with Gasteiger partial charge in [-0.1, -0.05) is 6.07 Å². The summed E-state index contributed by atoms with van der Waals surface area (Å²) in [5.41, 5.74) is 9.13. The summed E-state index contributed by atoms with van der Waals surface area (Å²) in [7, 11) is 1.40. The number of nitrogens with two attached hydrogens (primary N) is 1. The molecular weight excluding hydrogens is 202 g/mol. The van der Waals surface area contributed by atoms with Crippen molar-refractivity contribution < 1.29 is 9.53 Å². The summed E-state index contributed by atoms with van der Waals surface area (Å²) >= 11 is 0. The van der Waals surface area contributed by atoms with E-state index in [1.165, 1.54) is 18.2 Å². The SMILES string of the molecule is COC(=O)c1ccc2c(c1)CC(N)CCC2. The number of benzene rings is 1. The second-order valence-corrected chi connectivity index (χ2v) is 4.33. The first-order valence-electron chi connectivity index (χ1n) is 5.66. The van der Waals surface area contributed by atoms with Crippen molar-refractivity contribution in [1.29, 1.82) is 0 Å². The van der Waals surface area contributed by atoms with E-state index in [0.717, 1.165) is 25.7 Å². The van der Waals surface area contributed by atoms with Gasteiger partial charge in [0.25, 0.3) is 0 Å². The number of rotatable bonds is 1. The van der Waals surface area contributed by atoms with Crippen molar-refractivity contribution in [2.75, 3.05) is 7.11 Å². The lowest BCUT2D eigenvalue weighted by Gasteiger charge is -2.10. The van der Waals surface area contributed by atoms with Crippen molar-refractivity contribution in [3.8, 4) is 0 Å². The van der Waals surface area contributed by atoms with Crippen LogP contribution in [-0.2, 0) is 17.6 Å². The highest BCUT2D eigenvalue weighted by atomic mass is 16.5. The van der Waals surface area contributed by atoms with E-state index in [1.807, 2.05) is 18.2 Å². The number of ether oxygens (including phenoxy) is 1. The molecule has 0 saturated carbocycles. The van der Waals surface area contributed by atoms with Gasteiger partial charge in [0.15, 0.2) is 0 Å². The van der Waals surface area contributed by atoms with Gasteiger partial charge in [0.05, 0.1) is 12.7 Å². The zero-order chi connectivity index (χ0) is 11.5. The van der Waals surface area contributed by atoms with Crippen LogP contribution in [-0.4, -0.2) is 19.1 Å². The van der Waals surface area contributed by atoms with Crippen molar-refractivity contribution in [1.82, 2.24) is 0 Å². The lowest BCUT2D eigenvalue weighted by molar-refractivity contribution is 0.0600. The number of hydrogen-bond donors (Lipinski definition) is 1. The zero-order valence-corrected chi connectivity index (χ0v) is 9.53. The van der Waals surface area contributed by atoms with Gasteiger partial charge >= 0.3 is 5.97 Å². The van der Waals surface area contributed by atoms with Gasteiger partial charge in [0, 0.05) is 6.04 Å². The molecule has 86 valence electrons. The summed E-state index contributed by atoms with van der Waals surface area (Å²) in [6, 6.07) is 6.00. The van der Waals surface area contributed by atoms with Crippen molar-refractivity contribution in [3.05, 3.63) is 34.9 Å². The fraction of sp³-hybridized carbons (Fsp3) is 0.462. The minimum Gasteiger partial charge on any atom is -0.465 e. The molecule has 1 aromatic carbocycles. The molecule has 0 bridgehead atoms. The van der Waals surface area contributed by atoms with Crippen LogP contribution in [0, 0.1) is 0 Å².